The maximum absolute atomic E-state index is 12.1. The molecule has 0 amide bonds. The molecule has 21 heavy (non-hydrogen) atoms. The van der Waals surface area contributed by atoms with E-state index < -0.39 is 22.0 Å². The third-order valence-corrected chi connectivity index (χ3v) is 4.56. The molecule has 9 heteroatoms. The lowest BCUT2D eigenvalue weighted by atomic mass is 10.2. The number of sulfonamides is 1. The minimum Gasteiger partial charge on any atom is -0.465 e. The Labute approximate surface area is 133 Å². The zero-order chi connectivity index (χ0) is 16.2. The number of halogens is 1. The zero-order valence-corrected chi connectivity index (χ0v) is 13.8. The van der Waals surface area contributed by atoms with E-state index in [4.69, 9.17) is 34.3 Å². The molecule has 0 aromatic heterocycles. The molecule has 1 rings (SSSR count). The van der Waals surface area contributed by atoms with E-state index in [0.29, 0.717) is 5.56 Å². The standard InChI is InChI=1S/C12H15ClN2O4S2/c1-3-19-12(16)7(2)15-21(17,18)8-4-5-9(11(14)20)10(13)6-8/h4-7,15H,3H2,1-2H3,(H2,14,20). The molecule has 116 valence electrons. The van der Waals surface area contributed by atoms with Gasteiger partial charge in [0.15, 0.2) is 0 Å². The van der Waals surface area contributed by atoms with Gasteiger partial charge in [0.2, 0.25) is 10.0 Å². The monoisotopic (exact) mass is 350 g/mol. The summed E-state index contributed by atoms with van der Waals surface area (Å²) < 4.78 is 31.2. The second-order valence-corrected chi connectivity index (χ2v) is 6.66. The minimum atomic E-state index is -3.91. The molecule has 3 N–H and O–H groups in total. The van der Waals surface area contributed by atoms with Gasteiger partial charge in [0, 0.05) is 5.56 Å². The highest BCUT2D eigenvalue weighted by molar-refractivity contribution is 7.89. The number of esters is 1. The van der Waals surface area contributed by atoms with Gasteiger partial charge in [-0.25, -0.2) is 8.42 Å². The Hall–Kier alpha value is -1.22. The number of carbonyl (C=O) groups excluding carboxylic acids is 1. The van der Waals surface area contributed by atoms with E-state index in [9.17, 15) is 13.2 Å². The summed E-state index contributed by atoms with van der Waals surface area (Å²) in [6, 6.07) is 2.93. The molecule has 1 aromatic rings. The average Bonchev–Trinajstić information content (AvgIpc) is 2.37. The van der Waals surface area contributed by atoms with E-state index in [1.165, 1.54) is 25.1 Å². The fourth-order valence-electron chi connectivity index (χ4n) is 1.48. The van der Waals surface area contributed by atoms with Crippen molar-refractivity contribution in [3.05, 3.63) is 28.8 Å². The van der Waals surface area contributed by atoms with Gasteiger partial charge in [-0.3, -0.25) is 4.79 Å². The van der Waals surface area contributed by atoms with Crippen molar-refractivity contribution in [2.24, 2.45) is 5.73 Å². The van der Waals surface area contributed by atoms with Crippen LogP contribution in [0.5, 0.6) is 0 Å². The summed E-state index contributed by atoms with van der Waals surface area (Å²) in [6.07, 6.45) is 0. The Bertz CT molecular complexity index is 661. The van der Waals surface area contributed by atoms with Crippen LogP contribution in [0.1, 0.15) is 19.4 Å². The van der Waals surface area contributed by atoms with Gasteiger partial charge in [0.1, 0.15) is 11.0 Å². The third-order valence-electron chi connectivity index (χ3n) is 2.49. The van der Waals surface area contributed by atoms with Gasteiger partial charge < -0.3 is 10.5 Å². The number of nitrogens with two attached hydrogens (primary N) is 1. The maximum atomic E-state index is 12.1. The van der Waals surface area contributed by atoms with Gasteiger partial charge in [-0.05, 0) is 32.0 Å². The molecule has 0 aliphatic carbocycles. The highest BCUT2D eigenvalue weighted by atomic mass is 35.5. The van der Waals surface area contributed by atoms with E-state index in [1.54, 1.807) is 6.92 Å². The minimum absolute atomic E-state index is 0.0665. The van der Waals surface area contributed by atoms with Crippen LogP contribution in [-0.2, 0) is 19.6 Å². The molecule has 0 heterocycles. The molecule has 0 bridgehead atoms. The van der Waals surface area contributed by atoms with Gasteiger partial charge in [-0.1, -0.05) is 23.8 Å². The molecule has 0 spiro atoms. The lowest BCUT2D eigenvalue weighted by Gasteiger charge is -2.13. The van der Waals surface area contributed by atoms with Gasteiger partial charge in [0.25, 0.3) is 0 Å². The average molecular weight is 351 g/mol. The van der Waals surface area contributed by atoms with Crippen LogP contribution in [0.2, 0.25) is 5.02 Å². The van der Waals surface area contributed by atoms with Crippen molar-refractivity contribution in [2.75, 3.05) is 6.61 Å². The first-order valence-corrected chi connectivity index (χ1v) is 8.24. The Morgan fingerprint density at radius 1 is 1.52 bits per heavy atom. The molecule has 6 nitrogen and oxygen atoms in total. The molecule has 0 saturated heterocycles. The summed E-state index contributed by atoms with van der Waals surface area (Å²) in [4.78, 5) is 11.4. The Morgan fingerprint density at radius 3 is 2.62 bits per heavy atom. The van der Waals surface area contributed by atoms with Crippen LogP contribution in [0.15, 0.2) is 23.1 Å². The molecule has 0 fully saturated rings. The fourth-order valence-corrected chi connectivity index (χ4v) is 3.28. The molecule has 0 radical (unpaired) electrons. The number of carbonyl (C=O) groups is 1. The van der Waals surface area contributed by atoms with Crippen LogP contribution in [0.25, 0.3) is 0 Å². The second-order valence-electron chi connectivity index (χ2n) is 4.10. The van der Waals surface area contributed by atoms with Crippen molar-refractivity contribution < 1.29 is 17.9 Å². The molecule has 0 saturated carbocycles. The highest BCUT2D eigenvalue weighted by Crippen LogP contribution is 2.21. The van der Waals surface area contributed by atoms with Crippen LogP contribution >= 0.6 is 23.8 Å². The molecule has 1 unspecified atom stereocenters. The first-order valence-electron chi connectivity index (χ1n) is 5.97. The van der Waals surface area contributed by atoms with Crippen molar-refractivity contribution in [3.63, 3.8) is 0 Å². The molecule has 1 atom stereocenters. The molecular weight excluding hydrogens is 336 g/mol. The van der Waals surface area contributed by atoms with Crippen molar-refractivity contribution >= 4 is 44.8 Å². The summed E-state index contributed by atoms with van der Waals surface area (Å²) in [5.41, 5.74) is 5.83. The topological polar surface area (TPSA) is 98.5 Å². The molecule has 0 aliphatic heterocycles. The van der Waals surface area contributed by atoms with Crippen molar-refractivity contribution in [1.82, 2.24) is 4.72 Å². The van der Waals surface area contributed by atoms with E-state index >= 15 is 0 Å². The number of hydrogen-bond donors (Lipinski definition) is 2. The van der Waals surface area contributed by atoms with E-state index in [2.05, 4.69) is 4.72 Å². The van der Waals surface area contributed by atoms with Gasteiger partial charge in [-0.15, -0.1) is 0 Å². The summed E-state index contributed by atoms with van der Waals surface area (Å²) in [5, 5.41) is 0.120. The fraction of sp³-hybridized carbons (Fsp3) is 0.333. The quantitative estimate of drug-likeness (QED) is 0.591. The lowest BCUT2D eigenvalue weighted by molar-refractivity contribution is -0.144. The van der Waals surface area contributed by atoms with Crippen molar-refractivity contribution in [3.8, 4) is 0 Å². The predicted molar refractivity (Wildman–Crippen MR) is 83.8 cm³/mol. The SMILES string of the molecule is CCOC(=O)C(C)NS(=O)(=O)c1ccc(C(N)=S)c(Cl)c1. The van der Waals surface area contributed by atoms with E-state index in [1.807, 2.05) is 0 Å². The normalized spacial score (nSPS) is 12.7. The summed E-state index contributed by atoms with van der Waals surface area (Å²) in [6.45, 7) is 3.19. The van der Waals surface area contributed by atoms with E-state index in [0.717, 1.165) is 0 Å². The summed E-state index contributed by atoms with van der Waals surface area (Å²) in [5.74, 6) is -0.660. The maximum Gasteiger partial charge on any atom is 0.323 e. The van der Waals surface area contributed by atoms with Crippen LogP contribution in [0, 0.1) is 0 Å². The number of nitrogens with one attached hydrogen (secondary N) is 1. The number of rotatable bonds is 6. The number of ether oxygens (including phenoxy) is 1. The molecular formula is C12H15ClN2O4S2. The lowest BCUT2D eigenvalue weighted by Crippen LogP contribution is -2.39. The number of hydrogen-bond acceptors (Lipinski definition) is 5. The highest BCUT2D eigenvalue weighted by Gasteiger charge is 2.23. The Kier molecular flexibility index (Phi) is 6.09. The first kappa shape index (κ1) is 17.8. The van der Waals surface area contributed by atoms with Crippen LogP contribution in [0.3, 0.4) is 0 Å². The van der Waals surface area contributed by atoms with Gasteiger partial charge in [0.05, 0.1) is 16.5 Å². The van der Waals surface area contributed by atoms with Gasteiger partial charge >= 0.3 is 5.97 Å². The van der Waals surface area contributed by atoms with Crippen LogP contribution in [-0.4, -0.2) is 32.0 Å². The molecule has 1 aromatic carbocycles. The summed E-state index contributed by atoms with van der Waals surface area (Å²) >= 11 is 10.7. The zero-order valence-electron chi connectivity index (χ0n) is 11.4. The van der Waals surface area contributed by atoms with Crippen LogP contribution < -0.4 is 10.5 Å². The van der Waals surface area contributed by atoms with Gasteiger partial charge in [-0.2, -0.15) is 4.72 Å². The van der Waals surface area contributed by atoms with E-state index in [-0.39, 0.29) is 21.5 Å². The Balaban J connectivity index is 3.01. The third kappa shape index (κ3) is 4.63. The van der Waals surface area contributed by atoms with Crippen molar-refractivity contribution in [1.29, 1.82) is 0 Å². The number of benzene rings is 1. The second kappa shape index (κ2) is 7.17. The summed E-state index contributed by atoms with van der Waals surface area (Å²) in [7, 11) is -3.91. The number of thiocarbonyl (C=S) groups is 1. The Morgan fingerprint density at radius 2 is 2.14 bits per heavy atom. The smallest absolute Gasteiger partial charge is 0.323 e. The first-order chi connectivity index (χ1) is 9.69. The largest absolute Gasteiger partial charge is 0.465 e. The predicted octanol–water partition coefficient (Wildman–Crippen LogP) is 1.20. The molecule has 0 aliphatic rings. The van der Waals surface area contributed by atoms with Crippen molar-refractivity contribution in [2.45, 2.75) is 24.8 Å². The van der Waals surface area contributed by atoms with Crippen LogP contribution in [0.4, 0.5) is 0 Å².